The van der Waals surface area contributed by atoms with Gasteiger partial charge in [-0.05, 0) is 56.9 Å². The summed E-state index contributed by atoms with van der Waals surface area (Å²) in [5, 5.41) is 2.87. The van der Waals surface area contributed by atoms with Gasteiger partial charge in [0.1, 0.15) is 18.1 Å². The van der Waals surface area contributed by atoms with Crippen LogP contribution in [0.4, 0.5) is 5.69 Å². The number of carbonyl (C=O) groups is 1. The Morgan fingerprint density at radius 2 is 1.41 bits per heavy atom. The number of ether oxygens (including phenoxy) is 2. The van der Waals surface area contributed by atoms with Crippen molar-refractivity contribution >= 4 is 27.5 Å². The zero-order chi connectivity index (χ0) is 22.2. The zero-order valence-corrected chi connectivity index (χ0v) is 18.9. The first-order valence-electron chi connectivity index (χ1n) is 10.2. The molecule has 4 aromatic carbocycles. The van der Waals surface area contributed by atoms with E-state index in [0.29, 0.717) is 23.8 Å². The fourth-order valence-corrected chi connectivity index (χ4v) is 3.68. The van der Waals surface area contributed by atoms with Crippen molar-refractivity contribution in [3.63, 3.8) is 0 Å². The molecule has 1 N–H and O–H groups in total. The van der Waals surface area contributed by atoms with Gasteiger partial charge in [-0.25, -0.2) is 0 Å². The van der Waals surface area contributed by atoms with Crippen LogP contribution in [-0.2, 0) is 11.4 Å². The number of carbonyl (C=O) groups excluding carboxylic acids is 1. The monoisotopic (exact) mass is 487 g/mol. The summed E-state index contributed by atoms with van der Waals surface area (Å²) in [4.78, 5) is 12.5. The van der Waals surface area contributed by atoms with Crippen LogP contribution < -0.4 is 14.8 Å². The highest BCUT2D eigenvalue weighted by Gasteiger charge is 2.11. The maximum Gasteiger partial charge on any atom is 0.262 e. The van der Waals surface area contributed by atoms with Gasteiger partial charge in [0.15, 0.2) is 6.61 Å². The molecule has 0 spiro atoms. The molecule has 0 bridgehead atoms. The maximum atomic E-state index is 12.5. The zero-order valence-electron chi connectivity index (χ0n) is 17.3. The predicted octanol–water partition coefficient (Wildman–Crippen LogP) is 6.71. The average molecular weight is 488 g/mol. The lowest BCUT2D eigenvalue weighted by atomic mass is 10.1. The predicted molar refractivity (Wildman–Crippen MR) is 131 cm³/mol. The van der Waals surface area contributed by atoms with Crippen LogP contribution in [0.15, 0.2) is 108 Å². The topological polar surface area (TPSA) is 47.6 Å². The van der Waals surface area contributed by atoms with Crippen molar-refractivity contribution in [1.29, 1.82) is 0 Å². The molecule has 0 aliphatic rings. The molecular weight excluding hydrogens is 466 g/mol. The highest BCUT2D eigenvalue weighted by molar-refractivity contribution is 9.10. The van der Waals surface area contributed by atoms with Crippen LogP contribution in [0, 0.1) is 0 Å². The molecule has 0 unspecified atom stereocenters. The number of hydrogen-bond donors (Lipinski definition) is 1. The molecule has 0 aliphatic heterocycles. The minimum absolute atomic E-state index is 0.115. The lowest BCUT2D eigenvalue weighted by Crippen LogP contribution is -2.20. The Labute approximate surface area is 196 Å². The van der Waals surface area contributed by atoms with Gasteiger partial charge in [-0.15, -0.1) is 0 Å². The lowest BCUT2D eigenvalue weighted by molar-refractivity contribution is -0.118. The summed E-state index contributed by atoms with van der Waals surface area (Å²) in [5.74, 6) is 0.950. The van der Waals surface area contributed by atoms with Crippen LogP contribution >= 0.6 is 15.9 Å². The number of amides is 1. The maximum absolute atomic E-state index is 12.5. The molecule has 32 heavy (non-hydrogen) atoms. The van der Waals surface area contributed by atoms with Crippen molar-refractivity contribution in [3.8, 4) is 22.6 Å². The molecule has 0 atom stereocenters. The van der Waals surface area contributed by atoms with Gasteiger partial charge in [0.25, 0.3) is 5.91 Å². The third-order valence-electron chi connectivity index (χ3n) is 4.80. The number of nitrogens with one attached hydrogen (secondary N) is 1. The molecular formula is C27H22BrNO3. The molecule has 4 aromatic rings. The standard InChI is InChI=1S/C27H22BrNO3/c28-23-17-22(21-11-5-2-6-12-21)15-16-25(23)32-19-27(30)29-24-13-7-8-14-26(24)31-18-20-9-3-1-4-10-20/h1-17H,18-19H2,(H,29,30). The third-order valence-corrected chi connectivity index (χ3v) is 5.42. The largest absolute Gasteiger partial charge is 0.487 e. The Morgan fingerprint density at radius 1 is 0.719 bits per heavy atom. The minimum atomic E-state index is -0.264. The quantitative estimate of drug-likeness (QED) is 0.300. The van der Waals surface area contributed by atoms with Crippen LogP contribution in [0.2, 0.25) is 0 Å². The highest BCUT2D eigenvalue weighted by Crippen LogP contribution is 2.31. The molecule has 4 rings (SSSR count). The summed E-state index contributed by atoms with van der Waals surface area (Å²) < 4.78 is 12.4. The van der Waals surface area contributed by atoms with Gasteiger partial charge >= 0.3 is 0 Å². The molecule has 0 radical (unpaired) electrons. The summed E-state index contributed by atoms with van der Waals surface area (Å²) in [6.45, 7) is 0.307. The van der Waals surface area contributed by atoms with Crippen LogP contribution in [0.1, 0.15) is 5.56 Å². The summed E-state index contributed by atoms with van der Waals surface area (Å²) in [7, 11) is 0. The SMILES string of the molecule is O=C(COc1ccc(-c2ccccc2)cc1Br)Nc1ccccc1OCc1ccccc1. The molecule has 1 amide bonds. The minimum Gasteiger partial charge on any atom is -0.487 e. The number of anilines is 1. The first-order chi connectivity index (χ1) is 15.7. The molecule has 5 heteroatoms. The van der Waals surface area contributed by atoms with E-state index in [0.717, 1.165) is 21.2 Å². The fraction of sp³-hybridized carbons (Fsp3) is 0.0741. The van der Waals surface area contributed by atoms with Crippen molar-refractivity contribution in [1.82, 2.24) is 0 Å². The molecule has 0 saturated carbocycles. The van der Waals surface area contributed by atoms with E-state index in [9.17, 15) is 4.79 Å². The molecule has 0 aromatic heterocycles. The van der Waals surface area contributed by atoms with Gasteiger partial charge in [0.2, 0.25) is 0 Å². The average Bonchev–Trinajstić information content (AvgIpc) is 2.84. The van der Waals surface area contributed by atoms with Crippen molar-refractivity contribution in [2.45, 2.75) is 6.61 Å². The van der Waals surface area contributed by atoms with Gasteiger partial charge in [-0.1, -0.05) is 78.9 Å². The molecule has 0 heterocycles. The van der Waals surface area contributed by atoms with Gasteiger partial charge in [0, 0.05) is 0 Å². The van der Waals surface area contributed by atoms with E-state index < -0.39 is 0 Å². The second kappa shape index (κ2) is 10.6. The lowest BCUT2D eigenvalue weighted by Gasteiger charge is -2.13. The Hall–Kier alpha value is -3.57. The molecule has 0 saturated heterocycles. The fourth-order valence-electron chi connectivity index (χ4n) is 3.19. The van der Waals surface area contributed by atoms with Gasteiger partial charge < -0.3 is 14.8 Å². The van der Waals surface area contributed by atoms with Crippen LogP contribution in [-0.4, -0.2) is 12.5 Å². The molecule has 4 nitrogen and oxygen atoms in total. The third kappa shape index (κ3) is 5.77. The summed E-state index contributed by atoms with van der Waals surface area (Å²) >= 11 is 3.54. The van der Waals surface area contributed by atoms with Gasteiger partial charge in [-0.2, -0.15) is 0 Å². The summed E-state index contributed by atoms with van der Waals surface area (Å²) in [6.07, 6.45) is 0. The number of rotatable bonds is 8. The first kappa shape index (κ1) is 21.7. The Balaban J connectivity index is 1.35. The van der Waals surface area contributed by atoms with Crippen molar-refractivity contribution < 1.29 is 14.3 Å². The summed E-state index contributed by atoms with van der Waals surface area (Å²) in [6, 6.07) is 33.1. The molecule has 160 valence electrons. The van der Waals surface area contributed by atoms with E-state index in [1.165, 1.54) is 0 Å². The normalized spacial score (nSPS) is 10.4. The second-order valence-corrected chi connectivity index (χ2v) is 7.97. The number of para-hydroxylation sites is 2. The smallest absolute Gasteiger partial charge is 0.262 e. The number of hydrogen-bond acceptors (Lipinski definition) is 3. The van der Waals surface area contributed by atoms with Crippen LogP contribution in [0.5, 0.6) is 11.5 Å². The Morgan fingerprint density at radius 3 is 2.16 bits per heavy atom. The van der Waals surface area contributed by atoms with Crippen molar-refractivity contribution in [2.75, 3.05) is 11.9 Å². The van der Waals surface area contributed by atoms with E-state index in [-0.39, 0.29) is 12.5 Å². The van der Waals surface area contributed by atoms with E-state index >= 15 is 0 Å². The molecule has 0 aliphatic carbocycles. The van der Waals surface area contributed by atoms with E-state index in [2.05, 4.69) is 21.2 Å². The van der Waals surface area contributed by atoms with E-state index in [1.54, 1.807) is 0 Å². The van der Waals surface area contributed by atoms with E-state index in [4.69, 9.17) is 9.47 Å². The van der Waals surface area contributed by atoms with Crippen molar-refractivity contribution in [2.24, 2.45) is 0 Å². The van der Waals surface area contributed by atoms with Crippen molar-refractivity contribution in [3.05, 3.63) is 113 Å². The Bertz CT molecular complexity index is 1180. The van der Waals surface area contributed by atoms with Crippen LogP contribution in [0.25, 0.3) is 11.1 Å². The number of benzene rings is 4. The summed E-state index contributed by atoms with van der Waals surface area (Å²) in [5.41, 5.74) is 3.85. The highest BCUT2D eigenvalue weighted by atomic mass is 79.9. The van der Waals surface area contributed by atoms with Crippen LogP contribution in [0.3, 0.4) is 0 Å². The van der Waals surface area contributed by atoms with Gasteiger partial charge in [-0.3, -0.25) is 4.79 Å². The van der Waals surface area contributed by atoms with Gasteiger partial charge in [0.05, 0.1) is 10.2 Å². The number of halogens is 1. The first-order valence-corrected chi connectivity index (χ1v) is 11.0. The molecule has 0 fully saturated rings. The second-order valence-electron chi connectivity index (χ2n) is 7.12. The van der Waals surface area contributed by atoms with E-state index in [1.807, 2.05) is 103 Å². The Kier molecular flexibility index (Phi) is 7.20.